The van der Waals surface area contributed by atoms with Gasteiger partial charge in [-0.25, -0.2) is 0 Å². The number of guanidine groups is 1. The second-order valence-electron chi connectivity index (χ2n) is 5.49. The first-order valence-electron chi connectivity index (χ1n) is 7.70. The number of benzene rings is 1. The van der Waals surface area contributed by atoms with E-state index in [4.69, 9.17) is 5.73 Å². The Morgan fingerprint density at radius 3 is 2.24 bits per heavy atom. The van der Waals surface area contributed by atoms with E-state index < -0.39 is 0 Å². The number of piperazine rings is 1. The molecule has 0 saturated carbocycles. The van der Waals surface area contributed by atoms with Gasteiger partial charge in [0.25, 0.3) is 0 Å². The van der Waals surface area contributed by atoms with Crippen molar-refractivity contribution in [1.29, 1.82) is 0 Å². The number of rotatable bonds is 5. The second-order valence-corrected chi connectivity index (χ2v) is 5.49. The van der Waals surface area contributed by atoms with Crippen molar-refractivity contribution in [3.8, 4) is 0 Å². The third kappa shape index (κ3) is 5.02. The van der Waals surface area contributed by atoms with Gasteiger partial charge in [0.2, 0.25) is 0 Å². The van der Waals surface area contributed by atoms with Gasteiger partial charge in [0, 0.05) is 46.3 Å². The van der Waals surface area contributed by atoms with Gasteiger partial charge in [-0.05, 0) is 17.7 Å². The number of nitrogens with zero attached hydrogens (tertiary/aromatic N) is 3. The molecule has 1 heterocycles. The van der Waals surface area contributed by atoms with Crippen LogP contribution in [0.4, 0.5) is 0 Å². The molecular formula is C16H27N5. The number of hydrogen-bond donors (Lipinski definition) is 2. The Balaban J connectivity index is 1.80. The van der Waals surface area contributed by atoms with Crippen LogP contribution in [0.15, 0.2) is 29.3 Å². The third-order valence-electron chi connectivity index (χ3n) is 4.06. The van der Waals surface area contributed by atoms with E-state index in [2.05, 4.69) is 51.3 Å². The van der Waals surface area contributed by atoms with E-state index in [1.807, 2.05) is 0 Å². The van der Waals surface area contributed by atoms with Gasteiger partial charge in [0.1, 0.15) is 0 Å². The molecule has 3 N–H and O–H groups in total. The van der Waals surface area contributed by atoms with Gasteiger partial charge in [-0.1, -0.05) is 31.2 Å². The molecule has 0 radical (unpaired) electrons. The van der Waals surface area contributed by atoms with E-state index in [9.17, 15) is 0 Å². The van der Waals surface area contributed by atoms with E-state index >= 15 is 0 Å². The molecule has 0 aliphatic carbocycles. The average Bonchev–Trinajstić information content (AvgIpc) is 2.54. The predicted molar refractivity (Wildman–Crippen MR) is 88.2 cm³/mol. The molecule has 1 saturated heterocycles. The minimum atomic E-state index is 0.480. The zero-order chi connectivity index (χ0) is 15.1. The van der Waals surface area contributed by atoms with Crippen LogP contribution in [0.2, 0.25) is 0 Å². The van der Waals surface area contributed by atoms with Crippen molar-refractivity contribution in [1.82, 2.24) is 15.1 Å². The van der Waals surface area contributed by atoms with Gasteiger partial charge in [0.05, 0.1) is 0 Å². The Morgan fingerprint density at radius 1 is 1.10 bits per heavy atom. The molecule has 1 aromatic rings. The van der Waals surface area contributed by atoms with Gasteiger partial charge in [-0.15, -0.1) is 0 Å². The summed E-state index contributed by atoms with van der Waals surface area (Å²) in [6.45, 7) is 9.88. The van der Waals surface area contributed by atoms with Gasteiger partial charge >= 0.3 is 0 Å². The zero-order valence-corrected chi connectivity index (χ0v) is 13.2. The van der Waals surface area contributed by atoms with E-state index in [-0.39, 0.29) is 0 Å². The van der Waals surface area contributed by atoms with Crippen molar-refractivity contribution in [2.45, 2.75) is 20.0 Å². The topological polar surface area (TPSA) is 56.9 Å². The summed E-state index contributed by atoms with van der Waals surface area (Å²) >= 11 is 0. The van der Waals surface area contributed by atoms with Crippen molar-refractivity contribution in [3.63, 3.8) is 0 Å². The number of nitrogens with two attached hydrogens (primary N) is 1. The molecule has 5 nitrogen and oxygen atoms in total. The first-order valence-corrected chi connectivity index (χ1v) is 7.70. The number of likely N-dealkylation sites (N-methyl/N-ethyl adjacent to an activating group) is 1. The van der Waals surface area contributed by atoms with Crippen LogP contribution in [0.1, 0.15) is 18.1 Å². The summed E-state index contributed by atoms with van der Waals surface area (Å²) in [5, 5.41) is 3.07. The molecule has 0 atom stereocenters. The van der Waals surface area contributed by atoms with Crippen molar-refractivity contribution >= 4 is 5.96 Å². The highest BCUT2D eigenvalue weighted by molar-refractivity contribution is 5.77. The van der Waals surface area contributed by atoms with Crippen LogP contribution >= 0.6 is 0 Å². The summed E-state index contributed by atoms with van der Waals surface area (Å²) in [5.41, 5.74) is 8.22. The van der Waals surface area contributed by atoms with E-state index in [0.717, 1.165) is 13.1 Å². The molecule has 0 amide bonds. The summed E-state index contributed by atoms with van der Waals surface area (Å²) in [6, 6.07) is 8.74. The minimum Gasteiger partial charge on any atom is -0.370 e. The Morgan fingerprint density at radius 2 is 1.67 bits per heavy atom. The Kier molecular flexibility index (Phi) is 6.02. The lowest BCUT2D eigenvalue weighted by Crippen LogP contribution is -2.45. The fourth-order valence-electron chi connectivity index (χ4n) is 2.56. The highest BCUT2D eigenvalue weighted by Crippen LogP contribution is 2.10. The summed E-state index contributed by atoms with van der Waals surface area (Å²) in [4.78, 5) is 8.92. The molecule has 0 bridgehead atoms. The van der Waals surface area contributed by atoms with Crippen molar-refractivity contribution in [2.24, 2.45) is 10.7 Å². The Hall–Kier alpha value is -1.59. The summed E-state index contributed by atoms with van der Waals surface area (Å²) in [5.74, 6) is 0.480. The smallest absolute Gasteiger partial charge is 0.188 e. The zero-order valence-electron chi connectivity index (χ0n) is 13.2. The normalized spacial score (nSPS) is 17.9. The summed E-state index contributed by atoms with van der Waals surface area (Å²) in [7, 11) is 1.68. The minimum absolute atomic E-state index is 0.480. The van der Waals surface area contributed by atoms with Gasteiger partial charge in [-0.2, -0.15) is 0 Å². The highest BCUT2D eigenvalue weighted by Gasteiger charge is 2.15. The fourth-order valence-corrected chi connectivity index (χ4v) is 2.56. The van der Waals surface area contributed by atoms with Crippen LogP contribution in [0, 0.1) is 0 Å². The van der Waals surface area contributed by atoms with Crippen LogP contribution in [-0.4, -0.2) is 55.5 Å². The number of nitrogens with one attached hydrogen (secondary N) is 1. The number of aliphatic imine (C=N–C) groups is 1. The van der Waals surface area contributed by atoms with Crippen molar-refractivity contribution < 1.29 is 0 Å². The van der Waals surface area contributed by atoms with Crippen LogP contribution < -0.4 is 11.1 Å². The molecule has 1 aliphatic heterocycles. The van der Waals surface area contributed by atoms with Crippen LogP contribution in [-0.2, 0) is 13.1 Å². The Bertz CT molecular complexity index is 446. The molecule has 2 rings (SSSR count). The standard InChI is InChI=1S/C16H27N5/c1-3-20-8-10-21(11-9-20)13-15-6-4-14(5-7-15)12-19-16(17)18-2/h4-7H,3,8-13H2,1-2H3,(H3,17,18,19). The lowest BCUT2D eigenvalue weighted by Gasteiger charge is -2.34. The van der Waals surface area contributed by atoms with E-state index in [1.54, 1.807) is 7.05 Å². The van der Waals surface area contributed by atoms with E-state index in [0.29, 0.717) is 5.96 Å². The quantitative estimate of drug-likeness (QED) is 0.623. The van der Waals surface area contributed by atoms with Gasteiger partial charge < -0.3 is 16.0 Å². The van der Waals surface area contributed by atoms with Crippen molar-refractivity contribution in [2.75, 3.05) is 39.8 Å². The molecule has 5 heteroatoms. The second kappa shape index (κ2) is 8.00. The van der Waals surface area contributed by atoms with Crippen LogP contribution in [0.25, 0.3) is 0 Å². The maximum atomic E-state index is 5.63. The summed E-state index contributed by atoms with van der Waals surface area (Å²) < 4.78 is 0. The van der Waals surface area contributed by atoms with Gasteiger partial charge in [-0.3, -0.25) is 9.89 Å². The maximum Gasteiger partial charge on any atom is 0.188 e. The molecule has 1 aliphatic rings. The first kappa shape index (κ1) is 15.8. The molecule has 0 unspecified atom stereocenters. The average molecular weight is 289 g/mol. The van der Waals surface area contributed by atoms with E-state index in [1.165, 1.54) is 43.9 Å². The maximum absolute atomic E-state index is 5.63. The third-order valence-corrected chi connectivity index (χ3v) is 4.06. The molecule has 0 spiro atoms. The number of hydrogen-bond acceptors (Lipinski definition) is 3. The lowest BCUT2D eigenvalue weighted by atomic mass is 10.1. The van der Waals surface area contributed by atoms with Crippen molar-refractivity contribution in [3.05, 3.63) is 35.4 Å². The van der Waals surface area contributed by atoms with Gasteiger partial charge in [0.15, 0.2) is 5.96 Å². The largest absolute Gasteiger partial charge is 0.370 e. The molecule has 1 aromatic carbocycles. The predicted octanol–water partition coefficient (Wildman–Crippen LogP) is 0.858. The monoisotopic (exact) mass is 289 g/mol. The highest BCUT2D eigenvalue weighted by atomic mass is 15.3. The molecule has 116 valence electrons. The molecular weight excluding hydrogens is 262 g/mol. The van der Waals surface area contributed by atoms with Crippen LogP contribution in [0.3, 0.4) is 0 Å². The molecule has 1 fully saturated rings. The lowest BCUT2D eigenvalue weighted by molar-refractivity contribution is 0.132. The first-order chi connectivity index (χ1) is 10.2. The fraction of sp³-hybridized carbons (Fsp3) is 0.562. The SMILES string of the molecule is CCN1CCN(Cc2ccc(CNC(N)=NC)cc2)CC1. The molecule has 0 aromatic heterocycles. The Labute approximate surface area is 127 Å². The van der Waals surface area contributed by atoms with Crippen LogP contribution in [0.5, 0.6) is 0 Å². The summed E-state index contributed by atoms with van der Waals surface area (Å²) in [6.07, 6.45) is 0. The molecule has 21 heavy (non-hydrogen) atoms.